The number of halogens is 1. The van der Waals surface area contributed by atoms with Crippen molar-refractivity contribution in [2.75, 3.05) is 0 Å². The van der Waals surface area contributed by atoms with E-state index >= 15 is 0 Å². The average molecular weight is 511 g/mol. The second-order valence-electron chi connectivity index (χ2n) is 9.00. The molecule has 4 aromatic carbocycles. The lowest BCUT2D eigenvalue weighted by atomic mass is 10.1. The van der Waals surface area contributed by atoms with Crippen molar-refractivity contribution in [3.05, 3.63) is 95.0 Å². The van der Waals surface area contributed by atoms with E-state index in [2.05, 4.69) is 77.4 Å². The molecule has 0 spiro atoms. The van der Waals surface area contributed by atoms with Gasteiger partial charge in [0, 0.05) is 21.5 Å². The lowest BCUT2D eigenvalue weighted by Crippen LogP contribution is -2.16. The molecular weight excluding hydrogens is 488 g/mol. The topological polar surface area (TPSA) is 26.3 Å². The normalized spacial score (nSPS) is 11.4. The van der Waals surface area contributed by atoms with Gasteiger partial charge in [0.05, 0.1) is 10.0 Å². The molecule has 0 amide bonds. The molecular formula is C29H23BrO2Si. The van der Waals surface area contributed by atoms with E-state index in [-0.39, 0.29) is 0 Å². The summed E-state index contributed by atoms with van der Waals surface area (Å²) in [5.41, 5.74) is 8.11. The van der Waals surface area contributed by atoms with Gasteiger partial charge in [0.2, 0.25) is 0 Å². The highest BCUT2D eigenvalue weighted by molar-refractivity contribution is 9.10. The van der Waals surface area contributed by atoms with Crippen molar-refractivity contribution in [3.63, 3.8) is 0 Å². The van der Waals surface area contributed by atoms with Crippen LogP contribution in [0.1, 0.15) is 5.56 Å². The van der Waals surface area contributed by atoms with Gasteiger partial charge in [-0.3, -0.25) is 0 Å². The fourth-order valence-electron chi connectivity index (χ4n) is 3.81. The van der Waals surface area contributed by atoms with Crippen LogP contribution < -0.4 is 0 Å². The van der Waals surface area contributed by atoms with Crippen molar-refractivity contribution in [1.29, 1.82) is 0 Å². The Morgan fingerprint density at radius 1 is 0.606 bits per heavy atom. The standard InChI is InChI=1S/C17H16OSi.C12H7BrO/c1-19(2,3)12-11-13-7-6-9-15-14-8-4-5-10-16(14)18-17(13)15;13-10-6-3-5-9-8-4-1-2-7-11(8)14-12(9)10/h4-10H,1-3H3;1-7H. The summed E-state index contributed by atoms with van der Waals surface area (Å²) in [4.78, 5) is 0. The molecule has 0 fully saturated rings. The van der Waals surface area contributed by atoms with E-state index in [1.54, 1.807) is 0 Å². The molecule has 0 unspecified atom stereocenters. The first-order chi connectivity index (χ1) is 15.9. The highest BCUT2D eigenvalue weighted by Crippen LogP contribution is 2.33. The molecule has 6 aromatic rings. The molecule has 0 saturated heterocycles. The SMILES string of the molecule is Brc1cccc2c1oc1ccccc12.C[Si](C)(C)C#Cc1cccc2c1oc1ccccc12. The molecule has 0 atom stereocenters. The van der Waals surface area contributed by atoms with Crippen molar-refractivity contribution in [1.82, 2.24) is 0 Å². The van der Waals surface area contributed by atoms with Gasteiger partial charge in [-0.1, -0.05) is 86.2 Å². The zero-order valence-electron chi connectivity index (χ0n) is 18.8. The Hall–Kier alpha value is -3.26. The molecule has 0 aliphatic heterocycles. The van der Waals surface area contributed by atoms with E-state index in [0.29, 0.717) is 0 Å². The predicted molar refractivity (Wildman–Crippen MR) is 145 cm³/mol. The number of hydrogen-bond donors (Lipinski definition) is 0. The number of furan rings is 2. The lowest BCUT2D eigenvalue weighted by molar-refractivity contribution is 0.666. The number of fused-ring (bicyclic) bond motifs is 6. The van der Waals surface area contributed by atoms with Crippen LogP contribution in [-0.4, -0.2) is 8.07 Å². The first kappa shape index (κ1) is 21.6. The van der Waals surface area contributed by atoms with Crippen LogP contribution in [0, 0.1) is 11.5 Å². The summed E-state index contributed by atoms with van der Waals surface area (Å²) >= 11 is 3.48. The van der Waals surface area contributed by atoms with E-state index in [4.69, 9.17) is 8.83 Å². The second-order valence-corrected chi connectivity index (χ2v) is 14.6. The molecule has 162 valence electrons. The molecule has 0 aliphatic carbocycles. The molecule has 0 radical (unpaired) electrons. The minimum Gasteiger partial charge on any atom is -0.455 e. The average Bonchev–Trinajstić information content (AvgIpc) is 3.37. The summed E-state index contributed by atoms with van der Waals surface area (Å²) < 4.78 is 12.7. The third kappa shape index (κ3) is 4.35. The maximum Gasteiger partial charge on any atom is 0.151 e. The molecule has 4 heteroatoms. The zero-order chi connectivity index (χ0) is 23.0. The van der Waals surface area contributed by atoms with Gasteiger partial charge >= 0.3 is 0 Å². The minimum absolute atomic E-state index is 0.912. The van der Waals surface area contributed by atoms with E-state index in [1.165, 1.54) is 5.39 Å². The Morgan fingerprint density at radius 2 is 1.12 bits per heavy atom. The third-order valence-corrected chi connectivity index (χ3v) is 6.83. The predicted octanol–water partition coefficient (Wildman–Crippen LogP) is 9.16. The van der Waals surface area contributed by atoms with Gasteiger partial charge in [0.25, 0.3) is 0 Å². The number of hydrogen-bond acceptors (Lipinski definition) is 2. The maximum atomic E-state index is 5.96. The van der Waals surface area contributed by atoms with Crippen LogP contribution in [0.3, 0.4) is 0 Å². The molecule has 33 heavy (non-hydrogen) atoms. The first-order valence-corrected chi connectivity index (χ1v) is 15.2. The van der Waals surface area contributed by atoms with E-state index in [0.717, 1.165) is 48.5 Å². The van der Waals surface area contributed by atoms with Crippen molar-refractivity contribution >= 4 is 67.9 Å². The summed E-state index contributed by atoms with van der Waals surface area (Å²) in [7, 11) is -1.37. The largest absolute Gasteiger partial charge is 0.455 e. The lowest BCUT2D eigenvalue weighted by Gasteiger charge is -2.03. The molecule has 0 bridgehead atoms. The van der Waals surface area contributed by atoms with Crippen LogP contribution >= 0.6 is 15.9 Å². The summed E-state index contributed by atoms with van der Waals surface area (Å²) in [6.07, 6.45) is 0. The Morgan fingerprint density at radius 3 is 1.76 bits per heavy atom. The third-order valence-electron chi connectivity index (χ3n) is 5.33. The van der Waals surface area contributed by atoms with E-state index < -0.39 is 8.07 Å². The number of benzene rings is 4. The number of para-hydroxylation sites is 4. The van der Waals surface area contributed by atoms with Crippen molar-refractivity contribution in [3.8, 4) is 11.5 Å². The maximum absolute atomic E-state index is 5.96. The molecule has 2 nitrogen and oxygen atoms in total. The van der Waals surface area contributed by atoms with Crippen LogP contribution in [0.2, 0.25) is 19.6 Å². The first-order valence-electron chi connectivity index (χ1n) is 10.9. The number of rotatable bonds is 0. The van der Waals surface area contributed by atoms with Crippen molar-refractivity contribution < 1.29 is 8.83 Å². The summed E-state index contributed by atoms with van der Waals surface area (Å²) in [5.74, 6) is 3.31. The summed E-state index contributed by atoms with van der Waals surface area (Å²) in [5, 5.41) is 4.64. The van der Waals surface area contributed by atoms with Gasteiger partial charge in [-0.05, 0) is 40.2 Å². The van der Waals surface area contributed by atoms with E-state index in [1.807, 2.05) is 54.6 Å². The Kier molecular flexibility index (Phi) is 5.62. The highest BCUT2D eigenvalue weighted by Gasteiger charge is 2.11. The van der Waals surface area contributed by atoms with Gasteiger partial charge in [-0.2, -0.15) is 0 Å². The molecule has 0 N–H and O–H groups in total. The van der Waals surface area contributed by atoms with Crippen LogP contribution in [0.4, 0.5) is 0 Å². The van der Waals surface area contributed by atoms with Crippen LogP contribution in [-0.2, 0) is 0 Å². The Labute approximate surface area is 202 Å². The molecule has 0 aliphatic rings. The van der Waals surface area contributed by atoms with Gasteiger partial charge in [-0.25, -0.2) is 0 Å². The van der Waals surface area contributed by atoms with Gasteiger partial charge < -0.3 is 8.83 Å². The highest BCUT2D eigenvalue weighted by atomic mass is 79.9. The molecule has 2 heterocycles. The van der Waals surface area contributed by atoms with Crippen LogP contribution in [0.25, 0.3) is 43.9 Å². The van der Waals surface area contributed by atoms with Gasteiger partial charge in [0.15, 0.2) is 5.58 Å². The minimum atomic E-state index is -1.37. The Balaban J connectivity index is 0.000000144. The van der Waals surface area contributed by atoms with Crippen molar-refractivity contribution in [2.24, 2.45) is 0 Å². The molecule has 2 aromatic heterocycles. The van der Waals surface area contributed by atoms with Gasteiger partial charge in [-0.15, -0.1) is 5.54 Å². The zero-order valence-corrected chi connectivity index (χ0v) is 21.4. The smallest absolute Gasteiger partial charge is 0.151 e. The Bertz CT molecular complexity index is 1670. The summed E-state index contributed by atoms with van der Waals surface area (Å²) in [6.45, 7) is 6.75. The van der Waals surface area contributed by atoms with Gasteiger partial charge in [0.1, 0.15) is 24.8 Å². The van der Waals surface area contributed by atoms with Crippen molar-refractivity contribution in [2.45, 2.75) is 19.6 Å². The van der Waals surface area contributed by atoms with Crippen LogP contribution in [0.5, 0.6) is 0 Å². The van der Waals surface area contributed by atoms with E-state index in [9.17, 15) is 0 Å². The summed E-state index contributed by atoms with van der Waals surface area (Å²) in [6, 6.07) is 28.5. The molecule has 6 rings (SSSR count). The second kappa shape index (κ2) is 8.59. The molecule has 0 saturated carbocycles. The quantitative estimate of drug-likeness (QED) is 0.150. The van der Waals surface area contributed by atoms with Crippen LogP contribution in [0.15, 0.2) is 98.2 Å². The monoisotopic (exact) mass is 510 g/mol. The fourth-order valence-corrected chi connectivity index (χ4v) is 4.77. The fraction of sp³-hybridized carbons (Fsp3) is 0.103.